The first-order valence-corrected chi connectivity index (χ1v) is 6.01. The average Bonchev–Trinajstić information content (AvgIpc) is 3.01. The van der Waals surface area contributed by atoms with Gasteiger partial charge in [-0.2, -0.15) is 0 Å². The topological polar surface area (TPSA) is 58.4 Å². The first-order chi connectivity index (χ1) is 7.25. The van der Waals surface area contributed by atoms with Gasteiger partial charge in [0.05, 0.1) is 6.54 Å². The van der Waals surface area contributed by atoms with Gasteiger partial charge < -0.3 is 11.1 Å². The molecule has 1 saturated carbocycles. The van der Waals surface area contributed by atoms with Crippen molar-refractivity contribution >= 4 is 5.91 Å². The number of hydrogen-bond donors (Lipinski definition) is 2. The summed E-state index contributed by atoms with van der Waals surface area (Å²) < 4.78 is 0. The highest BCUT2D eigenvalue weighted by molar-refractivity contribution is 5.76. The van der Waals surface area contributed by atoms with E-state index in [2.05, 4.69) is 10.2 Å². The monoisotopic (exact) mass is 211 g/mol. The van der Waals surface area contributed by atoms with E-state index in [0.29, 0.717) is 18.6 Å². The summed E-state index contributed by atoms with van der Waals surface area (Å²) in [6, 6.07) is 1.19. The van der Waals surface area contributed by atoms with Gasteiger partial charge in [0.2, 0.25) is 5.91 Å². The second kappa shape index (κ2) is 4.94. The molecule has 1 aliphatic heterocycles. The van der Waals surface area contributed by atoms with Gasteiger partial charge in [0.1, 0.15) is 0 Å². The van der Waals surface area contributed by atoms with E-state index in [-0.39, 0.29) is 5.91 Å². The molecule has 1 aliphatic carbocycles. The molecule has 4 heteroatoms. The quantitative estimate of drug-likeness (QED) is 0.677. The molecule has 1 unspecified atom stereocenters. The molecule has 2 fully saturated rings. The number of amides is 1. The van der Waals surface area contributed by atoms with Crippen LogP contribution < -0.4 is 11.1 Å². The Labute approximate surface area is 91.2 Å². The predicted molar refractivity (Wildman–Crippen MR) is 59.4 cm³/mol. The Hall–Kier alpha value is -0.610. The predicted octanol–water partition coefficient (Wildman–Crippen LogP) is 0.0782. The molecule has 0 aromatic carbocycles. The van der Waals surface area contributed by atoms with Crippen LogP contribution in [0.1, 0.15) is 32.1 Å². The van der Waals surface area contributed by atoms with E-state index < -0.39 is 0 Å². The lowest BCUT2D eigenvalue weighted by Gasteiger charge is -2.29. The molecule has 0 aromatic heterocycles. The Balaban J connectivity index is 1.79. The average molecular weight is 211 g/mol. The van der Waals surface area contributed by atoms with Crippen LogP contribution in [-0.2, 0) is 4.79 Å². The van der Waals surface area contributed by atoms with E-state index in [1.807, 2.05) is 0 Å². The van der Waals surface area contributed by atoms with Crippen molar-refractivity contribution in [1.82, 2.24) is 10.2 Å². The maximum absolute atomic E-state index is 10.9. The van der Waals surface area contributed by atoms with E-state index in [1.54, 1.807) is 0 Å². The smallest absolute Gasteiger partial charge is 0.231 e. The van der Waals surface area contributed by atoms with Crippen LogP contribution in [0.5, 0.6) is 0 Å². The Morgan fingerprint density at radius 2 is 2.13 bits per heavy atom. The molecule has 1 amide bonds. The largest absolute Gasteiger partial charge is 0.369 e. The lowest BCUT2D eigenvalue weighted by molar-refractivity contribution is -0.119. The summed E-state index contributed by atoms with van der Waals surface area (Å²) in [6.07, 6.45) is 6.31. The van der Waals surface area contributed by atoms with Crippen LogP contribution in [0, 0.1) is 0 Å². The van der Waals surface area contributed by atoms with Crippen molar-refractivity contribution in [2.24, 2.45) is 5.73 Å². The van der Waals surface area contributed by atoms with Gasteiger partial charge in [-0.15, -0.1) is 0 Å². The highest BCUT2D eigenvalue weighted by atomic mass is 16.1. The normalized spacial score (nSPS) is 26.9. The van der Waals surface area contributed by atoms with E-state index in [0.717, 1.165) is 13.1 Å². The van der Waals surface area contributed by atoms with Crippen molar-refractivity contribution in [3.63, 3.8) is 0 Å². The van der Waals surface area contributed by atoms with Gasteiger partial charge in [-0.3, -0.25) is 9.69 Å². The summed E-state index contributed by atoms with van der Waals surface area (Å²) in [4.78, 5) is 13.2. The molecule has 2 aliphatic rings. The van der Waals surface area contributed by atoms with Crippen LogP contribution in [0.25, 0.3) is 0 Å². The SMILES string of the molecule is NC(=O)CN(CC1CCCCN1)C1CC1. The molecular weight excluding hydrogens is 190 g/mol. The summed E-state index contributed by atoms with van der Waals surface area (Å²) in [5, 5.41) is 3.51. The van der Waals surface area contributed by atoms with Crippen LogP contribution in [0.4, 0.5) is 0 Å². The lowest BCUT2D eigenvalue weighted by atomic mass is 10.0. The number of nitrogens with one attached hydrogen (secondary N) is 1. The Kier molecular flexibility index (Phi) is 3.59. The van der Waals surface area contributed by atoms with Crippen molar-refractivity contribution in [2.45, 2.75) is 44.2 Å². The third kappa shape index (κ3) is 3.47. The van der Waals surface area contributed by atoms with E-state index in [1.165, 1.54) is 32.1 Å². The lowest BCUT2D eigenvalue weighted by Crippen LogP contribution is -2.46. The van der Waals surface area contributed by atoms with Crippen molar-refractivity contribution in [3.8, 4) is 0 Å². The molecule has 1 heterocycles. The molecule has 1 atom stereocenters. The summed E-state index contributed by atoms with van der Waals surface area (Å²) >= 11 is 0. The third-order valence-corrected chi connectivity index (χ3v) is 3.29. The highest BCUT2D eigenvalue weighted by Crippen LogP contribution is 2.27. The number of nitrogens with two attached hydrogens (primary N) is 1. The number of primary amides is 1. The standard InChI is InChI=1S/C11H21N3O/c12-11(15)8-14(10-4-5-10)7-9-3-1-2-6-13-9/h9-10,13H,1-8H2,(H2,12,15). The number of hydrogen-bond acceptors (Lipinski definition) is 3. The van der Waals surface area contributed by atoms with Crippen molar-refractivity contribution in [3.05, 3.63) is 0 Å². The van der Waals surface area contributed by atoms with Crippen molar-refractivity contribution in [1.29, 1.82) is 0 Å². The van der Waals surface area contributed by atoms with Gasteiger partial charge in [-0.1, -0.05) is 6.42 Å². The number of carbonyl (C=O) groups excluding carboxylic acids is 1. The zero-order valence-electron chi connectivity index (χ0n) is 9.24. The van der Waals surface area contributed by atoms with E-state index in [4.69, 9.17) is 5.73 Å². The van der Waals surface area contributed by atoms with Crippen molar-refractivity contribution < 1.29 is 4.79 Å². The van der Waals surface area contributed by atoms with Crippen LogP contribution in [0.2, 0.25) is 0 Å². The Morgan fingerprint density at radius 3 is 2.67 bits per heavy atom. The fourth-order valence-electron chi connectivity index (χ4n) is 2.35. The molecule has 0 bridgehead atoms. The summed E-state index contributed by atoms with van der Waals surface area (Å²) in [7, 11) is 0. The van der Waals surface area contributed by atoms with Crippen LogP contribution >= 0.6 is 0 Å². The van der Waals surface area contributed by atoms with Gasteiger partial charge >= 0.3 is 0 Å². The molecule has 86 valence electrons. The Bertz CT molecular complexity index is 222. The summed E-state index contributed by atoms with van der Waals surface area (Å²) in [6.45, 7) is 2.55. The molecule has 0 radical (unpaired) electrons. The van der Waals surface area contributed by atoms with Crippen molar-refractivity contribution in [2.75, 3.05) is 19.6 Å². The summed E-state index contributed by atoms with van der Waals surface area (Å²) in [5.74, 6) is -0.197. The van der Waals surface area contributed by atoms with Gasteiger partial charge in [-0.05, 0) is 32.2 Å². The first kappa shape index (κ1) is 10.9. The zero-order valence-corrected chi connectivity index (χ0v) is 9.24. The van der Waals surface area contributed by atoms with E-state index in [9.17, 15) is 4.79 Å². The fraction of sp³-hybridized carbons (Fsp3) is 0.909. The fourth-order valence-corrected chi connectivity index (χ4v) is 2.35. The zero-order chi connectivity index (χ0) is 10.7. The maximum Gasteiger partial charge on any atom is 0.231 e. The molecular formula is C11H21N3O. The van der Waals surface area contributed by atoms with Crippen LogP contribution in [0.15, 0.2) is 0 Å². The van der Waals surface area contributed by atoms with Gasteiger partial charge in [-0.25, -0.2) is 0 Å². The van der Waals surface area contributed by atoms with E-state index >= 15 is 0 Å². The minimum atomic E-state index is -0.197. The Morgan fingerprint density at radius 1 is 1.33 bits per heavy atom. The molecule has 15 heavy (non-hydrogen) atoms. The second-order valence-electron chi connectivity index (χ2n) is 4.77. The van der Waals surface area contributed by atoms with Crippen LogP contribution in [-0.4, -0.2) is 42.5 Å². The number of carbonyl (C=O) groups is 1. The number of nitrogens with zero attached hydrogens (tertiary/aromatic N) is 1. The minimum absolute atomic E-state index is 0.197. The number of piperidine rings is 1. The third-order valence-electron chi connectivity index (χ3n) is 3.29. The van der Waals surface area contributed by atoms with Gasteiger partial charge in [0, 0.05) is 18.6 Å². The molecule has 0 aromatic rings. The molecule has 2 rings (SSSR count). The minimum Gasteiger partial charge on any atom is -0.369 e. The molecule has 3 N–H and O–H groups in total. The summed E-state index contributed by atoms with van der Waals surface area (Å²) in [5.41, 5.74) is 5.26. The van der Waals surface area contributed by atoms with Crippen LogP contribution in [0.3, 0.4) is 0 Å². The van der Waals surface area contributed by atoms with Gasteiger partial charge in [0.25, 0.3) is 0 Å². The molecule has 0 spiro atoms. The second-order valence-corrected chi connectivity index (χ2v) is 4.77. The maximum atomic E-state index is 10.9. The number of rotatable bonds is 5. The van der Waals surface area contributed by atoms with Gasteiger partial charge in [0.15, 0.2) is 0 Å². The molecule has 4 nitrogen and oxygen atoms in total. The first-order valence-electron chi connectivity index (χ1n) is 6.01. The molecule has 1 saturated heterocycles. The highest BCUT2D eigenvalue weighted by Gasteiger charge is 2.31.